The van der Waals surface area contributed by atoms with Crippen molar-refractivity contribution in [2.45, 2.75) is 13.0 Å². The molecule has 0 spiro atoms. The van der Waals surface area contributed by atoms with Crippen molar-refractivity contribution in [3.8, 4) is 11.1 Å². The standard InChI is InChI=1S/C22H16F3N7O/c1-10(29-20-18-19(28-9-27-18)30-22(26)31-20)16-7-15-3-2-12(23)8-32(15)21(33)17(16)11-4-13(24)6-14(25)5-11/h2-10H,1H3,(H4,26,27,28,29,30,31)/t10-/m0/s1. The van der Waals surface area contributed by atoms with E-state index in [1.165, 1.54) is 18.5 Å². The Morgan fingerprint density at radius 1 is 1.06 bits per heavy atom. The van der Waals surface area contributed by atoms with Crippen molar-refractivity contribution >= 4 is 28.4 Å². The summed E-state index contributed by atoms with van der Waals surface area (Å²) in [6.45, 7) is 1.74. The van der Waals surface area contributed by atoms with Gasteiger partial charge in [-0.15, -0.1) is 0 Å². The predicted molar refractivity (Wildman–Crippen MR) is 117 cm³/mol. The molecule has 0 saturated carbocycles. The predicted octanol–water partition coefficient (Wildman–Crippen LogP) is 3.81. The molecular weight excluding hydrogens is 435 g/mol. The molecule has 0 aliphatic carbocycles. The number of halogens is 3. The molecule has 33 heavy (non-hydrogen) atoms. The number of aromatic nitrogens is 5. The zero-order valence-corrected chi connectivity index (χ0v) is 17.1. The first-order valence-corrected chi connectivity index (χ1v) is 9.84. The van der Waals surface area contributed by atoms with Crippen molar-refractivity contribution in [2.24, 2.45) is 0 Å². The summed E-state index contributed by atoms with van der Waals surface area (Å²) in [4.78, 5) is 28.6. The first-order valence-electron chi connectivity index (χ1n) is 9.84. The average Bonchev–Trinajstić information content (AvgIpc) is 3.22. The van der Waals surface area contributed by atoms with Crippen molar-refractivity contribution < 1.29 is 13.2 Å². The minimum Gasteiger partial charge on any atom is -0.368 e. The van der Waals surface area contributed by atoms with Gasteiger partial charge in [-0.2, -0.15) is 9.97 Å². The lowest BCUT2D eigenvalue weighted by Gasteiger charge is -2.20. The monoisotopic (exact) mass is 451 g/mol. The molecule has 0 fully saturated rings. The number of aromatic amines is 1. The van der Waals surface area contributed by atoms with Crippen LogP contribution in [-0.4, -0.2) is 24.3 Å². The quantitative estimate of drug-likeness (QED) is 0.383. The van der Waals surface area contributed by atoms with E-state index in [0.717, 1.165) is 22.7 Å². The van der Waals surface area contributed by atoms with Crippen LogP contribution in [0.25, 0.3) is 27.8 Å². The number of pyridine rings is 2. The average molecular weight is 451 g/mol. The number of benzene rings is 1. The molecular formula is C22H16F3N7O. The van der Waals surface area contributed by atoms with Crippen molar-refractivity contribution in [1.82, 2.24) is 24.3 Å². The number of hydrogen-bond donors (Lipinski definition) is 3. The second-order valence-corrected chi connectivity index (χ2v) is 7.48. The van der Waals surface area contributed by atoms with Crippen LogP contribution >= 0.6 is 0 Å². The Bertz CT molecular complexity index is 1570. The third-order valence-electron chi connectivity index (χ3n) is 5.24. The van der Waals surface area contributed by atoms with Gasteiger partial charge in [-0.3, -0.25) is 9.20 Å². The molecule has 4 aromatic heterocycles. The Labute approximate surface area is 184 Å². The second kappa shape index (κ2) is 7.62. The van der Waals surface area contributed by atoms with Gasteiger partial charge in [0.25, 0.3) is 5.56 Å². The Kier molecular flexibility index (Phi) is 4.73. The normalized spacial score (nSPS) is 12.4. The molecule has 0 radical (unpaired) electrons. The molecule has 0 bridgehead atoms. The van der Waals surface area contributed by atoms with E-state index in [-0.39, 0.29) is 17.1 Å². The molecule has 5 aromatic rings. The van der Waals surface area contributed by atoms with Crippen LogP contribution in [0.4, 0.5) is 24.9 Å². The Morgan fingerprint density at radius 3 is 2.58 bits per heavy atom. The van der Waals surface area contributed by atoms with Crippen molar-refractivity contribution in [3.05, 3.63) is 82.3 Å². The highest BCUT2D eigenvalue weighted by Crippen LogP contribution is 2.31. The largest absolute Gasteiger partial charge is 0.368 e. The lowest BCUT2D eigenvalue weighted by atomic mass is 9.96. The van der Waals surface area contributed by atoms with Crippen LogP contribution in [0.5, 0.6) is 0 Å². The summed E-state index contributed by atoms with van der Waals surface area (Å²) in [5.74, 6) is -1.99. The van der Waals surface area contributed by atoms with Gasteiger partial charge >= 0.3 is 0 Å². The molecule has 4 heterocycles. The number of nitrogens with two attached hydrogens (primary N) is 1. The van der Waals surface area contributed by atoms with Crippen LogP contribution in [0.3, 0.4) is 0 Å². The van der Waals surface area contributed by atoms with Gasteiger partial charge in [0.05, 0.1) is 17.9 Å². The van der Waals surface area contributed by atoms with Gasteiger partial charge in [-0.1, -0.05) is 0 Å². The zero-order valence-electron chi connectivity index (χ0n) is 17.1. The summed E-state index contributed by atoms with van der Waals surface area (Å²) in [5, 5.41) is 3.16. The summed E-state index contributed by atoms with van der Waals surface area (Å²) in [5.41, 5.74) is 6.84. The third kappa shape index (κ3) is 3.63. The number of imidazole rings is 1. The number of nitrogens with zero attached hydrogens (tertiary/aromatic N) is 4. The topological polar surface area (TPSA) is 114 Å². The van der Waals surface area contributed by atoms with E-state index in [1.54, 1.807) is 13.0 Å². The van der Waals surface area contributed by atoms with Gasteiger partial charge in [-0.05, 0) is 48.4 Å². The fraction of sp³-hybridized carbons (Fsp3) is 0.0909. The molecule has 0 saturated heterocycles. The molecule has 5 rings (SSSR count). The lowest BCUT2D eigenvalue weighted by molar-refractivity contribution is 0.584. The van der Waals surface area contributed by atoms with Crippen LogP contribution in [0.15, 0.2) is 53.7 Å². The fourth-order valence-corrected chi connectivity index (χ4v) is 3.82. The summed E-state index contributed by atoms with van der Waals surface area (Å²) in [7, 11) is 0. The van der Waals surface area contributed by atoms with E-state index in [4.69, 9.17) is 5.73 Å². The van der Waals surface area contributed by atoms with Gasteiger partial charge in [0.1, 0.15) is 23.0 Å². The maximum absolute atomic E-state index is 14.0. The van der Waals surface area contributed by atoms with Crippen molar-refractivity contribution in [1.29, 1.82) is 0 Å². The fourth-order valence-electron chi connectivity index (χ4n) is 3.82. The minimum atomic E-state index is -0.844. The molecule has 166 valence electrons. The van der Waals surface area contributed by atoms with E-state index >= 15 is 0 Å². The van der Waals surface area contributed by atoms with Gasteiger partial charge in [0.2, 0.25) is 5.95 Å². The first-order chi connectivity index (χ1) is 15.8. The van der Waals surface area contributed by atoms with E-state index in [9.17, 15) is 18.0 Å². The van der Waals surface area contributed by atoms with E-state index in [2.05, 4.69) is 25.3 Å². The number of nitrogen functional groups attached to an aromatic ring is 1. The molecule has 0 amide bonds. The van der Waals surface area contributed by atoms with Gasteiger partial charge < -0.3 is 16.0 Å². The molecule has 4 N–H and O–H groups in total. The summed E-state index contributed by atoms with van der Waals surface area (Å²) in [6, 6.07) is 6.54. The molecule has 1 aromatic carbocycles. The van der Waals surface area contributed by atoms with Gasteiger partial charge in [-0.25, -0.2) is 18.2 Å². The van der Waals surface area contributed by atoms with E-state index < -0.39 is 29.1 Å². The molecule has 1 atom stereocenters. The molecule has 0 aliphatic heterocycles. The number of fused-ring (bicyclic) bond motifs is 2. The zero-order chi connectivity index (χ0) is 23.3. The molecule has 11 heteroatoms. The Hall–Kier alpha value is -4.41. The SMILES string of the molecule is C[C@H](Nc1nc(N)nc2nc[nH]c12)c1cc2ccc(F)cn2c(=O)c1-c1cc(F)cc(F)c1. The summed E-state index contributed by atoms with van der Waals surface area (Å²) >= 11 is 0. The van der Waals surface area contributed by atoms with E-state index in [0.29, 0.717) is 34.1 Å². The maximum Gasteiger partial charge on any atom is 0.263 e. The van der Waals surface area contributed by atoms with Gasteiger partial charge in [0.15, 0.2) is 11.5 Å². The highest BCUT2D eigenvalue weighted by Gasteiger charge is 2.21. The highest BCUT2D eigenvalue weighted by atomic mass is 19.1. The number of H-pyrrole nitrogens is 1. The number of rotatable bonds is 4. The first kappa shape index (κ1) is 20.5. The second-order valence-electron chi connectivity index (χ2n) is 7.48. The number of hydrogen-bond acceptors (Lipinski definition) is 6. The Balaban J connectivity index is 1.73. The molecule has 8 nitrogen and oxygen atoms in total. The van der Waals surface area contributed by atoms with Crippen LogP contribution < -0.4 is 16.6 Å². The van der Waals surface area contributed by atoms with E-state index in [1.807, 2.05) is 0 Å². The van der Waals surface area contributed by atoms with Gasteiger partial charge in [0, 0.05) is 17.8 Å². The third-order valence-corrected chi connectivity index (χ3v) is 5.24. The summed E-state index contributed by atoms with van der Waals surface area (Å²) < 4.78 is 43.0. The maximum atomic E-state index is 14.0. The summed E-state index contributed by atoms with van der Waals surface area (Å²) in [6.07, 6.45) is 2.46. The minimum absolute atomic E-state index is 0.00854. The molecule has 0 unspecified atom stereocenters. The van der Waals surface area contributed by atoms with Crippen molar-refractivity contribution in [2.75, 3.05) is 11.1 Å². The Morgan fingerprint density at radius 2 is 1.82 bits per heavy atom. The van der Waals surface area contributed by atoms with Crippen LogP contribution in [0, 0.1) is 17.5 Å². The number of nitrogens with one attached hydrogen (secondary N) is 2. The van der Waals surface area contributed by atoms with Crippen LogP contribution in [0.1, 0.15) is 18.5 Å². The lowest BCUT2D eigenvalue weighted by Crippen LogP contribution is -2.21. The smallest absolute Gasteiger partial charge is 0.263 e. The van der Waals surface area contributed by atoms with Crippen LogP contribution in [-0.2, 0) is 0 Å². The molecule has 0 aliphatic rings. The highest BCUT2D eigenvalue weighted by molar-refractivity contribution is 5.84. The van der Waals surface area contributed by atoms with Crippen LogP contribution in [0.2, 0.25) is 0 Å². The van der Waals surface area contributed by atoms with Crippen molar-refractivity contribution in [3.63, 3.8) is 0 Å². The number of anilines is 2.